The number of hydrogen-bond donors (Lipinski definition) is 1. The molecular weight excluding hydrogens is 410 g/mol. The van der Waals surface area contributed by atoms with Gasteiger partial charge in [-0.3, -0.25) is 4.79 Å². The molecule has 0 aromatic heterocycles. The van der Waals surface area contributed by atoms with Gasteiger partial charge in [-0.15, -0.1) is 0 Å². The van der Waals surface area contributed by atoms with E-state index in [4.69, 9.17) is 0 Å². The molecule has 0 bridgehead atoms. The topological polar surface area (TPSA) is 69.7 Å². The summed E-state index contributed by atoms with van der Waals surface area (Å²) in [6, 6.07) is 9.97. The first-order valence-electron chi connectivity index (χ1n) is 12.0. The number of amides is 1. The van der Waals surface area contributed by atoms with Crippen molar-refractivity contribution in [1.82, 2.24) is 14.5 Å². The number of piperidine rings is 2. The van der Waals surface area contributed by atoms with Crippen LogP contribution in [0.25, 0.3) is 0 Å². The van der Waals surface area contributed by atoms with Crippen LogP contribution in [0, 0.1) is 11.8 Å². The number of nitrogens with one attached hydrogen (secondary N) is 1. The zero-order valence-corrected chi connectivity index (χ0v) is 19.8. The maximum atomic E-state index is 12.8. The van der Waals surface area contributed by atoms with Crippen LogP contribution in [0.1, 0.15) is 51.0 Å². The molecule has 3 rings (SSSR count). The summed E-state index contributed by atoms with van der Waals surface area (Å²) in [6.07, 6.45) is 6.37. The van der Waals surface area contributed by atoms with Crippen LogP contribution >= 0.6 is 0 Å². The second kappa shape index (κ2) is 12.0. The van der Waals surface area contributed by atoms with E-state index in [9.17, 15) is 13.2 Å². The van der Waals surface area contributed by atoms with Crippen LogP contribution in [0.15, 0.2) is 30.3 Å². The first-order chi connectivity index (χ1) is 14.9. The van der Waals surface area contributed by atoms with Crippen molar-refractivity contribution in [3.05, 3.63) is 35.9 Å². The first-order valence-corrected chi connectivity index (χ1v) is 13.6. The van der Waals surface area contributed by atoms with Gasteiger partial charge in [-0.25, -0.2) is 12.7 Å². The Morgan fingerprint density at radius 2 is 1.81 bits per heavy atom. The van der Waals surface area contributed by atoms with Gasteiger partial charge in [0.25, 0.3) is 0 Å². The number of carbonyl (C=O) groups is 1. The third kappa shape index (κ3) is 7.88. The summed E-state index contributed by atoms with van der Waals surface area (Å²) in [5.41, 5.74) is 1.16. The molecule has 0 saturated carbocycles. The number of rotatable bonds is 10. The summed E-state index contributed by atoms with van der Waals surface area (Å²) in [4.78, 5) is 15.1. The minimum Gasteiger partial charge on any atom is -0.356 e. The number of hydrogen-bond acceptors (Lipinski definition) is 4. The Bertz CT molecular complexity index is 777. The lowest BCUT2D eigenvalue weighted by Gasteiger charge is -2.31. The molecule has 1 N–H and O–H groups in total. The fourth-order valence-corrected chi connectivity index (χ4v) is 6.17. The Hall–Kier alpha value is -1.44. The maximum absolute atomic E-state index is 12.8. The molecule has 2 fully saturated rings. The number of nitrogens with zero attached hydrogens (tertiary/aromatic N) is 2. The van der Waals surface area contributed by atoms with Crippen LogP contribution in [-0.2, 0) is 21.2 Å². The Balaban J connectivity index is 1.36. The van der Waals surface area contributed by atoms with Gasteiger partial charge in [-0.05, 0) is 76.1 Å². The lowest BCUT2D eigenvalue weighted by Crippen LogP contribution is -2.46. The quantitative estimate of drug-likeness (QED) is 0.558. The van der Waals surface area contributed by atoms with Crippen LogP contribution in [0.2, 0.25) is 0 Å². The van der Waals surface area contributed by atoms with Gasteiger partial charge >= 0.3 is 0 Å². The average molecular weight is 450 g/mol. The predicted molar refractivity (Wildman–Crippen MR) is 125 cm³/mol. The van der Waals surface area contributed by atoms with Gasteiger partial charge in [-0.1, -0.05) is 37.3 Å². The van der Waals surface area contributed by atoms with Gasteiger partial charge in [0, 0.05) is 19.6 Å². The second-order valence-electron chi connectivity index (χ2n) is 9.27. The van der Waals surface area contributed by atoms with Crippen LogP contribution < -0.4 is 5.32 Å². The number of likely N-dealkylation sites (tertiary alicyclic amines) is 1. The minimum absolute atomic E-state index is 0.0106. The molecule has 7 heteroatoms. The molecule has 1 aromatic carbocycles. The summed E-state index contributed by atoms with van der Waals surface area (Å²) in [5.74, 6) is 0.759. The Kier molecular flexibility index (Phi) is 9.35. The SMILES string of the molecule is CC1CCN(CCCNC(=O)[C@@H]2CCCN(S(=O)(=O)CCCc3ccccc3)C2)CC1. The predicted octanol–water partition coefficient (Wildman–Crippen LogP) is 2.90. The maximum Gasteiger partial charge on any atom is 0.224 e. The third-order valence-corrected chi connectivity index (χ3v) is 8.61. The van der Waals surface area contributed by atoms with E-state index in [1.165, 1.54) is 12.8 Å². The van der Waals surface area contributed by atoms with E-state index in [-0.39, 0.29) is 17.6 Å². The molecule has 1 amide bonds. The van der Waals surface area contributed by atoms with E-state index in [1.807, 2.05) is 30.3 Å². The molecule has 2 heterocycles. The van der Waals surface area contributed by atoms with Crippen LogP contribution in [0.5, 0.6) is 0 Å². The Morgan fingerprint density at radius 3 is 2.55 bits per heavy atom. The second-order valence-corrected chi connectivity index (χ2v) is 11.4. The third-order valence-electron chi connectivity index (χ3n) is 6.69. The zero-order chi connectivity index (χ0) is 22.1. The van der Waals surface area contributed by atoms with Gasteiger partial charge in [0.05, 0.1) is 11.7 Å². The molecule has 0 unspecified atom stereocenters. The molecule has 174 valence electrons. The molecule has 2 aliphatic heterocycles. The zero-order valence-electron chi connectivity index (χ0n) is 19.0. The van der Waals surface area contributed by atoms with Crippen molar-refractivity contribution < 1.29 is 13.2 Å². The molecule has 2 aliphatic rings. The van der Waals surface area contributed by atoms with Gasteiger partial charge < -0.3 is 10.2 Å². The summed E-state index contributed by atoms with van der Waals surface area (Å²) >= 11 is 0. The number of benzene rings is 1. The van der Waals surface area contributed by atoms with Gasteiger partial charge in [0.15, 0.2) is 0 Å². The number of sulfonamides is 1. The first kappa shape index (κ1) is 24.2. The van der Waals surface area contributed by atoms with Crippen molar-refractivity contribution in [1.29, 1.82) is 0 Å². The number of aryl methyl sites for hydroxylation is 1. The highest BCUT2D eigenvalue weighted by Gasteiger charge is 2.31. The van der Waals surface area contributed by atoms with E-state index < -0.39 is 10.0 Å². The van der Waals surface area contributed by atoms with Gasteiger partial charge in [-0.2, -0.15) is 0 Å². The van der Waals surface area contributed by atoms with Crippen molar-refractivity contribution in [2.45, 2.75) is 51.9 Å². The van der Waals surface area contributed by atoms with Crippen LogP contribution in [0.3, 0.4) is 0 Å². The van der Waals surface area contributed by atoms with E-state index in [0.29, 0.717) is 26.1 Å². The molecule has 0 aliphatic carbocycles. The smallest absolute Gasteiger partial charge is 0.224 e. The van der Waals surface area contributed by atoms with Crippen molar-refractivity contribution in [3.8, 4) is 0 Å². The van der Waals surface area contributed by atoms with Crippen molar-refractivity contribution >= 4 is 15.9 Å². The monoisotopic (exact) mass is 449 g/mol. The van der Waals surface area contributed by atoms with E-state index in [1.54, 1.807) is 4.31 Å². The Labute approximate surface area is 188 Å². The molecule has 0 spiro atoms. The molecular formula is C24H39N3O3S. The summed E-state index contributed by atoms with van der Waals surface area (Å²) < 4.78 is 27.1. The molecule has 1 atom stereocenters. The highest BCUT2D eigenvalue weighted by atomic mass is 32.2. The fourth-order valence-electron chi connectivity index (χ4n) is 4.59. The van der Waals surface area contributed by atoms with Crippen molar-refractivity contribution in [3.63, 3.8) is 0 Å². The van der Waals surface area contributed by atoms with Crippen LogP contribution in [0.4, 0.5) is 0 Å². The molecule has 2 saturated heterocycles. The lowest BCUT2D eigenvalue weighted by molar-refractivity contribution is -0.126. The fraction of sp³-hybridized carbons (Fsp3) is 0.708. The minimum atomic E-state index is -3.32. The van der Waals surface area contributed by atoms with E-state index >= 15 is 0 Å². The number of carbonyl (C=O) groups excluding carboxylic acids is 1. The molecule has 1 aromatic rings. The highest BCUT2D eigenvalue weighted by molar-refractivity contribution is 7.89. The highest BCUT2D eigenvalue weighted by Crippen LogP contribution is 2.21. The molecule has 31 heavy (non-hydrogen) atoms. The summed E-state index contributed by atoms with van der Waals surface area (Å²) in [5, 5.41) is 3.05. The average Bonchev–Trinajstić information content (AvgIpc) is 2.78. The normalized spacial score (nSPS) is 21.8. The molecule has 6 nitrogen and oxygen atoms in total. The van der Waals surface area contributed by atoms with Gasteiger partial charge in [0.2, 0.25) is 15.9 Å². The van der Waals surface area contributed by atoms with Crippen molar-refractivity contribution in [2.75, 3.05) is 45.0 Å². The van der Waals surface area contributed by atoms with E-state index in [0.717, 1.165) is 56.8 Å². The Morgan fingerprint density at radius 1 is 1.06 bits per heavy atom. The largest absolute Gasteiger partial charge is 0.356 e. The lowest BCUT2D eigenvalue weighted by atomic mass is 9.98. The standard InChI is InChI=1S/C24H39N3O3S/c1-21-12-17-26(18-13-21)15-7-14-25-24(28)23-11-5-16-27(20-23)31(29,30)19-6-10-22-8-3-2-4-9-22/h2-4,8-9,21,23H,5-7,10-20H2,1H3,(H,25,28)/t23-/m1/s1. The van der Waals surface area contributed by atoms with Gasteiger partial charge in [0.1, 0.15) is 0 Å². The summed E-state index contributed by atoms with van der Waals surface area (Å²) in [7, 11) is -3.32. The van der Waals surface area contributed by atoms with Crippen LogP contribution in [-0.4, -0.2) is 68.6 Å². The van der Waals surface area contributed by atoms with Crippen molar-refractivity contribution in [2.24, 2.45) is 11.8 Å². The summed E-state index contributed by atoms with van der Waals surface area (Å²) in [6.45, 7) is 7.19. The molecule has 0 radical (unpaired) electrons. The van der Waals surface area contributed by atoms with E-state index in [2.05, 4.69) is 17.1 Å².